The molecule has 0 nitrogen and oxygen atoms in total. The van der Waals surface area contributed by atoms with Crippen LogP contribution < -0.4 is 0 Å². The first-order valence-corrected chi connectivity index (χ1v) is 5.54. The van der Waals surface area contributed by atoms with Gasteiger partial charge in [-0.1, -0.05) is 51.5 Å². The molecule has 0 radical (unpaired) electrons. The Morgan fingerprint density at radius 3 is 1.79 bits per heavy atom. The molecule has 0 aromatic rings. The fourth-order valence-electron chi connectivity index (χ4n) is 1.17. The third-order valence-electron chi connectivity index (χ3n) is 2.04. The number of hydrogen-bond acceptors (Lipinski definition) is 0. The minimum atomic E-state index is 1.09. The Morgan fingerprint density at radius 1 is 1.14 bits per heavy atom. The van der Waals surface area contributed by atoms with E-state index in [9.17, 15) is 0 Å². The van der Waals surface area contributed by atoms with Crippen molar-refractivity contribution in [2.75, 3.05) is 0 Å². The van der Waals surface area contributed by atoms with Gasteiger partial charge in [0.2, 0.25) is 0 Å². The van der Waals surface area contributed by atoms with E-state index in [2.05, 4.69) is 54.2 Å². The molecule has 0 heterocycles. The molecule has 0 aromatic heterocycles. The zero-order valence-corrected chi connectivity index (χ0v) is 10.8. The maximum atomic E-state index is 3.76. The lowest BCUT2D eigenvalue weighted by Gasteiger charge is -2.06. The largest absolute Gasteiger partial charge is 0.0988 e. The standard InChI is InChI=1S/C11H18.C3H8/c1-6-9(4)11(8-3)10(5)7-2;1-3-2/h6-7H,1,8H2,2-5H3;3H2,1-2H3/b10-7-,11-9-;. The Kier molecular flexibility index (Phi) is 11.5. The van der Waals surface area contributed by atoms with Crippen molar-refractivity contribution in [1.29, 1.82) is 0 Å². The van der Waals surface area contributed by atoms with Gasteiger partial charge in [0.15, 0.2) is 0 Å². The van der Waals surface area contributed by atoms with Crippen molar-refractivity contribution >= 4 is 0 Å². The van der Waals surface area contributed by atoms with Crippen molar-refractivity contribution < 1.29 is 0 Å². The van der Waals surface area contributed by atoms with Crippen LogP contribution >= 0.6 is 0 Å². The first-order valence-electron chi connectivity index (χ1n) is 5.54. The predicted octanol–water partition coefficient (Wildman–Crippen LogP) is 5.28. The smallest absolute Gasteiger partial charge is 0.0302 e. The molecular weight excluding hydrogens is 168 g/mol. The molecule has 0 aliphatic carbocycles. The summed E-state index contributed by atoms with van der Waals surface area (Å²) in [6.07, 6.45) is 6.41. The Bertz CT molecular complexity index is 204. The summed E-state index contributed by atoms with van der Waals surface area (Å²) in [5, 5.41) is 0. The molecule has 14 heavy (non-hydrogen) atoms. The molecule has 0 unspecified atom stereocenters. The highest BCUT2D eigenvalue weighted by Gasteiger charge is 1.98. The van der Waals surface area contributed by atoms with Crippen molar-refractivity contribution in [1.82, 2.24) is 0 Å². The van der Waals surface area contributed by atoms with Gasteiger partial charge in [-0.2, -0.15) is 0 Å². The van der Waals surface area contributed by atoms with Crippen molar-refractivity contribution in [2.24, 2.45) is 0 Å². The van der Waals surface area contributed by atoms with Crippen LogP contribution in [0.4, 0.5) is 0 Å². The van der Waals surface area contributed by atoms with Crippen molar-refractivity contribution in [2.45, 2.75) is 54.4 Å². The highest BCUT2D eigenvalue weighted by atomic mass is 14.0. The van der Waals surface area contributed by atoms with Crippen LogP contribution in [-0.2, 0) is 0 Å². The van der Waals surface area contributed by atoms with Gasteiger partial charge in [-0.15, -0.1) is 0 Å². The van der Waals surface area contributed by atoms with Crippen molar-refractivity contribution in [3.05, 3.63) is 35.5 Å². The molecule has 0 aromatic carbocycles. The highest BCUT2D eigenvalue weighted by molar-refractivity contribution is 5.36. The maximum Gasteiger partial charge on any atom is -0.0302 e. The molecule has 82 valence electrons. The average Bonchev–Trinajstić information content (AvgIpc) is 2.19. The summed E-state index contributed by atoms with van der Waals surface area (Å²) in [4.78, 5) is 0. The zero-order valence-electron chi connectivity index (χ0n) is 10.8. The number of hydrogen-bond donors (Lipinski definition) is 0. The number of rotatable bonds is 3. The van der Waals surface area contributed by atoms with E-state index in [-0.39, 0.29) is 0 Å². The van der Waals surface area contributed by atoms with Gasteiger partial charge in [0, 0.05) is 0 Å². The van der Waals surface area contributed by atoms with Gasteiger partial charge in [-0.05, 0) is 38.3 Å². The quantitative estimate of drug-likeness (QED) is 0.536. The van der Waals surface area contributed by atoms with Gasteiger partial charge in [-0.25, -0.2) is 0 Å². The topological polar surface area (TPSA) is 0 Å². The minimum absolute atomic E-state index is 1.09. The van der Waals surface area contributed by atoms with Gasteiger partial charge in [0.25, 0.3) is 0 Å². The van der Waals surface area contributed by atoms with Crippen molar-refractivity contribution in [3.8, 4) is 0 Å². The lowest BCUT2D eigenvalue weighted by atomic mass is 9.99. The van der Waals surface area contributed by atoms with Crippen LogP contribution in [0.1, 0.15) is 54.4 Å². The lowest BCUT2D eigenvalue weighted by Crippen LogP contribution is -1.86. The summed E-state index contributed by atoms with van der Waals surface area (Å²) in [7, 11) is 0. The van der Waals surface area contributed by atoms with Crippen LogP contribution in [0.5, 0.6) is 0 Å². The van der Waals surface area contributed by atoms with Crippen LogP contribution in [0.15, 0.2) is 35.5 Å². The summed E-state index contributed by atoms with van der Waals surface area (Å²) in [6.45, 7) is 16.5. The van der Waals surface area contributed by atoms with Crippen LogP contribution in [0.3, 0.4) is 0 Å². The van der Waals surface area contributed by atoms with E-state index in [1.54, 1.807) is 0 Å². The molecule has 0 saturated carbocycles. The van der Waals surface area contributed by atoms with E-state index < -0.39 is 0 Å². The predicted molar refractivity (Wildman–Crippen MR) is 68.6 cm³/mol. The van der Waals surface area contributed by atoms with Crippen LogP contribution in [0, 0.1) is 0 Å². The van der Waals surface area contributed by atoms with Gasteiger partial charge >= 0.3 is 0 Å². The molecule has 0 aliphatic heterocycles. The molecule has 0 aliphatic rings. The van der Waals surface area contributed by atoms with Gasteiger partial charge in [-0.3, -0.25) is 0 Å². The van der Waals surface area contributed by atoms with E-state index in [1.807, 2.05) is 6.08 Å². The van der Waals surface area contributed by atoms with E-state index in [0.29, 0.717) is 0 Å². The Hall–Kier alpha value is -0.780. The second-order valence-electron chi connectivity index (χ2n) is 3.40. The molecule has 0 amide bonds. The SMILES string of the molecule is C=C/C(C)=C(CC)\C(C)=C/C.CCC. The molecule has 0 bridgehead atoms. The highest BCUT2D eigenvalue weighted by Crippen LogP contribution is 2.18. The van der Waals surface area contributed by atoms with E-state index in [4.69, 9.17) is 0 Å². The Labute approximate surface area is 90.4 Å². The van der Waals surface area contributed by atoms with E-state index in [1.165, 1.54) is 23.1 Å². The van der Waals surface area contributed by atoms with Crippen LogP contribution in [0.2, 0.25) is 0 Å². The van der Waals surface area contributed by atoms with Crippen molar-refractivity contribution in [3.63, 3.8) is 0 Å². The number of allylic oxidation sites excluding steroid dienone is 5. The average molecular weight is 194 g/mol. The molecule has 0 atom stereocenters. The Balaban J connectivity index is 0. The third kappa shape index (κ3) is 6.71. The minimum Gasteiger partial charge on any atom is -0.0988 e. The fraction of sp³-hybridized carbons (Fsp3) is 0.571. The first kappa shape index (κ1) is 15.7. The normalized spacial score (nSPS) is 12.6. The van der Waals surface area contributed by atoms with E-state index in [0.717, 1.165) is 6.42 Å². The van der Waals surface area contributed by atoms with Crippen LogP contribution in [0.25, 0.3) is 0 Å². The third-order valence-corrected chi connectivity index (χ3v) is 2.04. The lowest BCUT2D eigenvalue weighted by molar-refractivity contribution is 1.07. The second-order valence-corrected chi connectivity index (χ2v) is 3.40. The molecule has 0 spiro atoms. The molecule has 0 saturated heterocycles. The van der Waals surface area contributed by atoms with Gasteiger partial charge in [0.1, 0.15) is 0 Å². The zero-order chi connectivity index (χ0) is 11.6. The summed E-state index contributed by atoms with van der Waals surface area (Å²) in [5.41, 5.74) is 4.08. The molecular formula is C14H26. The monoisotopic (exact) mass is 194 g/mol. The van der Waals surface area contributed by atoms with Crippen LogP contribution in [-0.4, -0.2) is 0 Å². The molecule has 0 rings (SSSR count). The van der Waals surface area contributed by atoms with E-state index >= 15 is 0 Å². The molecule has 0 heteroatoms. The van der Waals surface area contributed by atoms with Gasteiger partial charge in [0.05, 0.1) is 0 Å². The van der Waals surface area contributed by atoms with Gasteiger partial charge < -0.3 is 0 Å². The fourth-order valence-corrected chi connectivity index (χ4v) is 1.17. The Morgan fingerprint density at radius 2 is 1.57 bits per heavy atom. The summed E-state index contributed by atoms with van der Waals surface area (Å²) in [5.74, 6) is 0. The summed E-state index contributed by atoms with van der Waals surface area (Å²) in [6, 6.07) is 0. The maximum absolute atomic E-state index is 3.76. The summed E-state index contributed by atoms with van der Waals surface area (Å²) < 4.78 is 0. The molecule has 0 N–H and O–H groups in total. The first-order chi connectivity index (χ1) is 6.58. The molecule has 0 fully saturated rings. The second kappa shape index (κ2) is 10.3. The summed E-state index contributed by atoms with van der Waals surface area (Å²) >= 11 is 0.